The number of hydrogen-bond acceptors (Lipinski definition) is 3. The zero-order valence-electron chi connectivity index (χ0n) is 13.9. The highest BCUT2D eigenvalue weighted by Crippen LogP contribution is 2.32. The number of rotatable bonds is 5. The molecule has 6 heteroatoms. The van der Waals surface area contributed by atoms with Gasteiger partial charge in [0.25, 0.3) is 10.0 Å². The fraction of sp³-hybridized carbons (Fsp3) is 0.158. The van der Waals surface area contributed by atoms with Crippen LogP contribution in [-0.4, -0.2) is 15.0 Å². The number of hydrogen-bond donors (Lipinski definition) is 1. The van der Waals surface area contributed by atoms with Crippen molar-refractivity contribution in [3.05, 3.63) is 66.0 Å². The van der Waals surface area contributed by atoms with E-state index in [-0.39, 0.29) is 10.6 Å². The topological polar surface area (TPSA) is 55.4 Å². The summed E-state index contributed by atoms with van der Waals surface area (Å²) in [5, 5.41) is 1.21. The molecule has 130 valence electrons. The molecule has 0 aliphatic rings. The predicted octanol–water partition coefficient (Wildman–Crippen LogP) is 4.49. The lowest BCUT2D eigenvalue weighted by molar-refractivity contribution is 0.344. The van der Waals surface area contributed by atoms with Gasteiger partial charge >= 0.3 is 0 Å². The largest absolute Gasteiger partial charge is 0.493 e. The van der Waals surface area contributed by atoms with Crippen LogP contribution in [0.2, 0.25) is 0 Å². The molecule has 3 aromatic rings. The van der Waals surface area contributed by atoms with E-state index in [0.29, 0.717) is 23.1 Å². The minimum absolute atomic E-state index is 0.0713. The summed E-state index contributed by atoms with van der Waals surface area (Å²) in [6, 6.07) is 14.5. The third kappa shape index (κ3) is 3.44. The van der Waals surface area contributed by atoms with Gasteiger partial charge in [0.05, 0.1) is 17.2 Å². The average Bonchev–Trinajstić information content (AvgIpc) is 2.58. The molecule has 1 N–H and O–H groups in total. The molecular formula is C19H18FNO3S. The summed E-state index contributed by atoms with van der Waals surface area (Å²) in [5.41, 5.74) is 0.689. The number of nitrogens with one attached hydrogen (secondary N) is 1. The minimum atomic E-state index is -3.96. The minimum Gasteiger partial charge on any atom is -0.493 e. The third-order valence-corrected chi connectivity index (χ3v) is 5.22. The molecule has 0 aliphatic carbocycles. The molecule has 0 fully saturated rings. The number of fused-ring (bicyclic) bond motifs is 1. The molecule has 0 atom stereocenters. The van der Waals surface area contributed by atoms with Crippen molar-refractivity contribution in [2.75, 3.05) is 11.3 Å². The van der Waals surface area contributed by atoms with E-state index < -0.39 is 15.8 Å². The summed E-state index contributed by atoms with van der Waals surface area (Å²) in [7, 11) is -3.96. The molecule has 0 aliphatic heterocycles. The van der Waals surface area contributed by atoms with Gasteiger partial charge in [-0.25, -0.2) is 12.8 Å². The summed E-state index contributed by atoms with van der Waals surface area (Å²) in [6.45, 7) is 4.11. The van der Waals surface area contributed by atoms with E-state index >= 15 is 0 Å². The van der Waals surface area contributed by atoms with E-state index in [0.717, 1.165) is 5.56 Å². The second-order valence-corrected chi connectivity index (χ2v) is 7.28. The van der Waals surface area contributed by atoms with Gasteiger partial charge in [-0.3, -0.25) is 4.72 Å². The van der Waals surface area contributed by atoms with E-state index in [9.17, 15) is 12.8 Å². The first kappa shape index (κ1) is 17.2. The van der Waals surface area contributed by atoms with Crippen LogP contribution < -0.4 is 9.46 Å². The predicted molar refractivity (Wildman–Crippen MR) is 97.1 cm³/mol. The van der Waals surface area contributed by atoms with Gasteiger partial charge in [-0.05, 0) is 43.7 Å². The Labute approximate surface area is 146 Å². The summed E-state index contributed by atoms with van der Waals surface area (Å²) in [4.78, 5) is 0.0764. The Bertz CT molecular complexity index is 1030. The average molecular weight is 359 g/mol. The first-order valence-electron chi connectivity index (χ1n) is 7.86. The Morgan fingerprint density at radius 2 is 1.76 bits per heavy atom. The molecule has 0 radical (unpaired) electrons. The van der Waals surface area contributed by atoms with E-state index in [1.165, 1.54) is 18.2 Å². The molecule has 0 saturated carbocycles. The molecular weight excluding hydrogens is 341 g/mol. The van der Waals surface area contributed by atoms with Gasteiger partial charge in [0.2, 0.25) is 0 Å². The molecule has 3 aromatic carbocycles. The third-order valence-electron chi connectivity index (χ3n) is 3.80. The summed E-state index contributed by atoms with van der Waals surface area (Å²) < 4.78 is 47.5. The van der Waals surface area contributed by atoms with Crippen molar-refractivity contribution < 1.29 is 17.5 Å². The van der Waals surface area contributed by atoms with Crippen molar-refractivity contribution in [1.82, 2.24) is 0 Å². The summed E-state index contributed by atoms with van der Waals surface area (Å²) in [6.07, 6.45) is 0. The molecule has 0 heterocycles. The summed E-state index contributed by atoms with van der Waals surface area (Å²) in [5.74, 6) is -0.0109. The number of halogens is 1. The monoisotopic (exact) mass is 359 g/mol. The Balaban J connectivity index is 2.12. The molecule has 25 heavy (non-hydrogen) atoms. The van der Waals surface area contributed by atoms with Gasteiger partial charge in [-0.1, -0.05) is 30.3 Å². The molecule has 0 amide bonds. The van der Waals surface area contributed by atoms with Crippen LogP contribution >= 0.6 is 0 Å². The van der Waals surface area contributed by atoms with Gasteiger partial charge in [0.1, 0.15) is 11.6 Å². The van der Waals surface area contributed by atoms with Crippen molar-refractivity contribution in [3.63, 3.8) is 0 Å². The molecule has 0 aromatic heterocycles. The van der Waals surface area contributed by atoms with Gasteiger partial charge < -0.3 is 4.74 Å². The van der Waals surface area contributed by atoms with E-state index in [1.54, 1.807) is 37.3 Å². The maximum atomic E-state index is 13.9. The van der Waals surface area contributed by atoms with Gasteiger partial charge in [-0.15, -0.1) is 0 Å². The highest BCUT2D eigenvalue weighted by molar-refractivity contribution is 7.93. The fourth-order valence-electron chi connectivity index (χ4n) is 2.68. The van der Waals surface area contributed by atoms with Crippen LogP contribution in [0.3, 0.4) is 0 Å². The Kier molecular flexibility index (Phi) is 4.63. The smallest absolute Gasteiger partial charge is 0.262 e. The number of benzene rings is 3. The fourth-order valence-corrected chi connectivity index (χ4v) is 3.95. The maximum Gasteiger partial charge on any atom is 0.262 e. The lowest BCUT2D eigenvalue weighted by atomic mass is 10.1. The number of aryl methyl sites for hydroxylation is 1. The zero-order chi connectivity index (χ0) is 18.0. The van der Waals surface area contributed by atoms with Gasteiger partial charge in [-0.2, -0.15) is 0 Å². The first-order chi connectivity index (χ1) is 11.9. The van der Waals surface area contributed by atoms with E-state index in [1.807, 2.05) is 13.0 Å². The Hall–Kier alpha value is -2.60. The van der Waals surface area contributed by atoms with Crippen molar-refractivity contribution in [1.29, 1.82) is 0 Å². The van der Waals surface area contributed by atoms with Crippen molar-refractivity contribution >= 4 is 26.5 Å². The SMILES string of the molecule is CCOc1ccc(S(=O)(=O)Nc2cc(C)ccc2F)c2ccccc12. The van der Waals surface area contributed by atoms with Crippen LogP contribution in [0, 0.1) is 12.7 Å². The highest BCUT2D eigenvalue weighted by atomic mass is 32.2. The molecule has 0 unspecified atom stereocenters. The summed E-state index contributed by atoms with van der Waals surface area (Å²) >= 11 is 0. The molecule has 0 saturated heterocycles. The maximum absolute atomic E-state index is 13.9. The normalized spacial score (nSPS) is 11.5. The standard InChI is InChI=1S/C19H18FNO3S/c1-3-24-18-10-11-19(15-7-5-4-6-14(15)18)25(22,23)21-17-12-13(2)8-9-16(17)20/h4-12,21H,3H2,1-2H3. The lowest BCUT2D eigenvalue weighted by Crippen LogP contribution is -2.14. The van der Waals surface area contributed by atoms with Crippen LogP contribution in [-0.2, 0) is 10.0 Å². The van der Waals surface area contributed by atoms with Crippen LogP contribution in [0.5, 0.6) is 5.75 Å². The van der Waals surface area contributed by atoms with Crippen LogP contribution in [0.25, 0.3) is 10.8 Å². The molecule has 0 bridgehead atoms. The lowest BCUT2D eigenvalue weighted by Gasteiger charge is -2.14. The Morgan fingerprint density at radius 3 is 2.48 bits per heavy atom. The number of sulfonamides is 1. The van der Waals surface area contributed by atoms with Crippen molar-refractivity contribution in [2.24, 2.45) is 0 Å². The second-order valence-electron chi connectivity index (χ2n) is 5.63. The molecule has 3 rings (SSSR count). The van der Waals surface area contributed by atoms with Crippen LogP contribution in [0.4, 0.5) is 10.1 Å². The second kappa shape index (κ2) is 6.72. The zero-order valence-corrected chi connectivity index (χ0v) is 14.7. The molecule has 4 nitrogen and oxygen atoms in total. The highest BCUT2D eigenvalue weighted by Gasteiger charge is 2.20. The van der Waals surface area contributed by atoms with Crippen LogP contribution in [0.15, 0.2) is 59.5 Å². The van der Waals surface area contributed by atoms with Crippen LogP contribution in [0.1, 0.15) is 12.5 Å². The van der Waals surface area contributed by atoms with Gasteiger partial charge in [0.15, 0.2) is 0 Å². The Morgan fingerprint density at radius 1 is 1.04 bits per heavy atom. The van der Waals surface area contributed by atoms with Gasteiger partial charge in [0, 0.05) is 10.8 Å². The molecule has 0 spiro atoms. The van der Waals surface area contributed by atoms with E-state index in [2.05, 4.69) is 4.72 Å². The number of anilines is 1. The first-order valence-corrected chi connectivity index (χ1v) is 9.34. The van der Waals surface area contributed by atoms with E-state index in [4.69, 9.17) is 4.74 Å². The van der Waals surface area contributed by atoms with Crippen molar-refractivity contribution in [2.45, 2.75) is 18.7 Å². The quantitative estimate of drug-likeness (QED) is 0.730. The number of ether oxygens (including phenoxy) is 1. The van der Waals surface area contributed by atoms with Crippen molar-refractivity contribution in [3.8, 4) is 5.75 Å².